The van der Waals surface area contributed by atoms with Crippen molar-refractivity contribution in [1.82, 2.24) is 0 Å². The molecule has 2 aromatic carbocycles. The van der Waals surface area contributed by atoms with E-state index in [-0.39, 0.29) is 5.91 Å². The highest BCUT2D eigenvalue weighted by atomic mass is 79.9. The zero-order chi connectivity index (χ0) is 17.8. The summed E-state index contributed by atoms with van der Waals surface area (Å²) in [5, 5.41) is 6.23. The number of amides is 1. The van der Waals surface area contributed by atoms with Gasteiger partial charge in [-0.2, -0.15) is 0 Å². The maximum Gasteiger partial charge on any atom is 0.221 e. The molecule has 0 spiro atoms. The number of nitrogens with one attached hydrogen (secondary N) is 2. The predicted octanol–water partition coefficient (Wildman–Crippen LogP) is 4.49. The molecule has 6 heteroatoms. The second kappa shape index (κ2) is 7.78. The lowest BCUT2D eigenvalue weighted by molar-refractivity contribution is -0.114. The van der Waals surface area contributed by atoms with E-state index in [1.807, 2.05) is 37.3 Å². The van der Waals surface area contributed by atoms with Gasteiger partial charge >= 0.3 is 0 Å². The minimum atomic E-state index is -0.0768. The lowest BCUT2D eigenvalue weighted by Crippen LogP contribution is -2.08. The molecular weight excluding hydrogens is 384 g/mol. The van der Waals surface area contributed by atoms with Crippen LogP contribution in [0.15, 0.2) is 34.8 Å². The van der Waals surface area contributed by atoms with Crippen molar-refractivity contribution in [3.63, 3.8) is 0 Å². The summed E-state index contributed by atoms with van der Waals surface area (Å²) in [5.41, 5.74) is 3.87. The Hall–Kier alpha value is -2.21. The van der Waals surface area contributed by atoms with Crippen LogP contribution in [-0.2, 0) is 11.3 Å². The molecule has 0 aliphatic carbocycles. The number of anilines is 2. The first-order chi connectivity index (χ1) is 12.0. The molecule has 1 heterocycles. The van der Waals surface area contributed by atoms with Gasteiger partial charge in [0.15, 0.2) is 11.5 Å². The molecule has 25 heavy (non-hydrogen) atoms. The van der Waals surface area contributed by atoms with Crippen LogP contribution < -0.4 is 20.1 Å². The lowest BCUT2D eigenvalue weighted by atomic mass is 10.1. The van der Waals surface area contributed by atoms with E-state index in [0.29, 0.717) is 19.8 Å². The van der Waals surface area contributed by atoms with E-state index < -0.39 is 0 Å². The number of halogens is 1. The molecule has 3 rings (SSSR count). The standard InChI is InChI=1S/C19H21BrN2O3/c1-12-4-5-15(10-17(12)22-13(2)23)21-11-14-8-16(20)19-18(9-14)24-6-3-7-25-19/h4-5,8-10,21H,3,6-7,11H2,1-2H3,(H,22,23). The molecule has 0 saturated carbocycles. The minimum Gasteiger partial charge on any atom is -0.490 e. The molecule has 0 fully saturated rings. The quantitative estimate of drug-likeness (QED) is 0.787. The number of hydrogen-bond donors (Lipinski definition) is 2. The lowest BCUT2D eigenvalue weighted by Gasteiger charge is -2.14. The molecule has 1 aliphatic heterocycles. The summed E-state index contributed by atoms with van der Waals surface area (Å²) >= 11 is 3.56. The van der Waals surface area contributed by atoms with Gasteiger partial charge in [0.2, 0.25) is 5.91 Å². The van der Waals surface area contributed by atoms with E-state index in [9.17, 15) is 4.79 Å². The van der Waals surface area contributed by atoms with Gasteiger partial charge in [-0.05, 0) is 58.2 Å². The van der Waals surface area contributed by atoms with Crippen LogP contribution in [0.3, 0.4) is 0 Å². The molecular formula is C19H21BrN2O3. The third kappa shape index (κ3) is 4.45. The number of benzene rings is 2. The highest BCUT2D eigenvalue weighted by Gasteiger charge is 2.15. The van der Waals surface area contributed by atoms with Crippen LogP contribution in [0.4, 0.5) is 11.4 Å². The Morgan fingerprint density at radius 1 is 1.20 bits per heavy atom. The predicted molar refractivity (Wildman–Crippen MR) is 103 cm³/mol. The number of fused-ring (bicyclic) bond motifs is 1. The molecule has 0 aromatic heterocycles. The van der Waals surface area contributed by atoms with Crippen LogP contribution in [0.25, 0.3) is 0 Å². The fraction of sp³-hybridized carbons (Fsp3) is 0.316. The summed E-state index contributed by atoms with van der Waals surface area (Å²) in [7, 11) is 0. The number of rotatable bonds is 4. The van der Waals surface area contributed by atoms with E-state index in [2.05, 4.69) is 26.6 Å². The largest absolute Gasteiger partial charge is 0.490 e. The number of aryl methyl sites for hydroxylation is 1. The van der Waals surface area contributed by atoms with E-state index in [1.165, 1.54) is 6.92 Å². The molecule has 0 radical (unpaired) electrons. The summed E-state index contributed by atoms with van der Waals surface area (Å²) in [4.78, 5) is 11.3. The summed E-state index contributed by atoms with van der Waals surface area (Å²) in [5.74, 6) is 1.46. The van der Waals surface area contributed by atoms with Crippen molar-refractivity contribution in [2.75, 3.05) is 23.8 Å². The van der Waals surface area contributed by atoms with Crippen LogP contribution in [0, 0.1) is 6.92 Å². The number of ether oxygens (including phenoxy) is 2. The van der Waals surface area contributed by atoms with Crippen molar-refractivity contribution in [2.24, 2.45) is 0 Å². The fourth-order valence-corrected chi connectivity index (χ4v) is 3.25. The zero-order valence-corrected chi connectivity index (χ0v) is 15.9. The first-order valence-electron chi connectivity index (χ1n) is 8.23. The summed E-state index contributed by atoms with van der Waals surface area (Å²) < 4.78 is 12.4. The molecule has 2 N–H and O–H groups in total. The fourth-order valence-electron chi connectivity index (χ4n) is 2.65. The Morgan fingerprint density at radius 3 is 2.80 bits per heavy atom. The number of hydrogen-bond acceptors (Lipinski definition) is 4. The molecule has 0 saturated heterocycles. The van der Waals surface area contributed by atoms with Crippen molar-refractivity contribution >= 4 is 33.2 Å². The average Bonchev–Trinajstić information content (AvgIpc) is 2.81. The van der Waals surface area contributed by atoms with Gasteiger partial charge in [-0.1, -0.05) is 6.07 Å². The van der Waals surface area contributed by atoms with Crippen LogP contribution in [0.5, 0.6) is 11.5 Å². The van der Waals surface area contributed by atoms with Gasteiger partial charge in [-0.3, -0.25) is 4.79 Å². The average molecular weight is 405 g/mol. The first kappa shape index (κ1) is 17.6. The Balaban J connectivity index is 1.74. The van der Waals surface area contributed by atoms with Crippen LogP contribution in [0.1, 0.15) is 24.5 Å². The van der Waals surface area contributed by atoms with E-state index >= 15 is 0 Å². The summed E-state index contributed by atoms with van der Waals surface area (Å²) in [6.07, 6.45) is 0.879. The van der Waals surface area contributed by atoms with Gasteiger partial charge in [0.05, 0.1) is 17.7 Å². The van der Waals surface area contributed by atoms with Crippen molar-refractivity contribution in [3.05, 3.63) is 45.9 Å². The van der Waals surface area contributed by atoms with Crippen molar-refractivity contribution in [1.29, 1.82) is 0 Å². The second-order valence-corrected chi connectivity index (χ2v) is 6.87. The third-order valence-electron chi connectivity index (χ3n) is 3.91. The van der Waals surface area contributed by atoms with Crippen molar-refractivity contribution in [3.8, 4) is 11.5 Å². The molecule has 0 unspecified atom stereocenters. The van der Waals surface area contributed by atoms with Crippen molar-refractivity contribution < 1.29 is 14.3 Å². The molecule has 2 aromatic rings. The SMILES string of the molecule is CC(=O)Nc1cc(NCc2cc(Br)c3c(c2)OCCCO3)ccc1C. The minimum absolute atomic E-state index is 0.0768. The zero-order valence-electron chi connectivity index (χ0n) is 14.3. The van der Waals surface area contributed by atoms with Crippen molar-refractivity contribution in [2.45, 2.75) is 26.8 Å². The molecule has 0 atom stereocenters. The highest BCUT2D eigenvalue weighted by molar-refractivity contribution is 9.10. The topological polar surface area (TPSA) is 59.6 Å². The molecule has 0 bridgehead atoms. The van der Waals surface area contributed by atoms with E-state index in [1.54, 1.807) is 0 Å². The summed E-state index contributed by atoms with van der Waals surface area (Å²) in [6.45, 7) is 5.44. The smallest absolute Gasteiger partial charge is 0.221 e. The molecule has 132 valence electrons. The third-order valence-corrected chi connectivity index (χ3v) is 4.50. The summed E-state index contributed by atoms with van der Waals surface area (Å²) in [6, 6.07) is 9.95. The molecule has 1 aliphatic rings. The number of carbonyl (C=O) groups excluding carboxylic acids is 1. The van der Waals surface area contributed by atoms with E-state index in [4.69, 9.17) is 9.47 Å². The van der Waals surface area contributed by atoms with Crippen LogP contribution in [0.2, 0.25) is 0 Å². The van der Waals surface area contributed by atoms with Gasteiger partial charge in [-0.15, -0.1) is 0 Å². The maximum atomic E-state index is 11.3. The van der Waals surface area contributed by atoms with Gasteiger partial charge in [-0.25, -0.2) is 0 Å². The molecule has 1 amide bonds. The van der Waals surface area contributed by atoms with Gasteiger partial charge in [0.25, 0.3) is 0 Å². The Bertz CT molecular complexity index is 792. The van der Waals surface area contributed by atoms with Gasteiger partial charge in [0, 0.05) is 31.3 Å². The Kier molecular flexibility index (Phi) is 5.48. The monoisotopic (exact) mass is 404 g/mol. The first-order valence-corrected chi connectivity index (χ1v) is 9.02. The maximum absolute atomic E-state index is 11.3. The number of carbonyl (C=O) groups is 1. The Labute approximate surface area is 155 Å². The second-order valence-electron chi connectivity index (χ2n) is 6.02. The normalized spacial score (nSPS) is 13.1. The van der Waals surface area contributed by atoms with Crippen LogP contribution in [-0.4, -0.2) is 19.1 Å². The molecule has 5 nitrogen and oxygen atoms in total. The van der Waals surface area contributed by atoms with E-state index in [0.717, 1.165) is 44.9 Å². The van der Waals surface area contributed by atoms with Gasteiger partial charge < -0.3 is 20.1 Å². The van der Waals surface area contributed by atoms with Gasteiger partial charge in [0.1, 0.15) is 0 Å². The highest BCUT2D eigenvalue weighted by Crippen LogP contribution is 2.38. The van der Waals surface area contributed by atoms with Crippen LogP contribution >= 0.6 is 15.9 Å². The Morgan fingerprint density at radius 2 is 2.00 bits per heavy atom.